The van der Waals surface area contributed by atoms with Crippen LogP contribution in [0.5, 0.6) is 5.75 Å². The van der Waals surface area contributed by atoms with Gasteiger partial charge in [0.25, 0.3) is 0 Å². The third-order valence-corrected chi connectivity index (χ3v) is 5.84. The molecule has 1 aliphatic heterocycles. The van der Waals surface area contributed by atoms with E-state index in [1.807, 2.05) is 19.0 Å². The molecule has 2 N–H and O–H groups in total. The molecule has 9 heteroatoms. The van der Waals surface area contributed by atoms with Crippen molar-refractivity contribution >= 4 is 17.9 Å². The molecule has 0 unspecified atom stereocenters. The van der Waals surface area contributed by atoms with Crippen molar-refractivity contribution in [3.8, 4) is 22.9 Å². The first-order chi connectivity index (χ1) is 15.8. The number of nitriles is 1. The van der Waals surface area contributed by atoms with E-state index in [2.05, 4.69) is 16.0 Å². The molecule has 0 spiro atoms. The molecule has 174 valence electrons. The van der Waals surface area contributed by atoms with Gasteiger partial charge in [0, 0.05) is 44.4 Å². The third-order valence-electron chi connectivity index (χ3n) is 5.84. The topological polar surface area (TPSA) is 103 Å². The highest BCUT2D eigenvalue weighted by Gasteiger charge is 2.28. The lowest BCUT2D eigenvalue weighted by Gasteiger charge is -2.36. The number of rotatable bonds is 8. The predicted molar refractivity (Wildman–Crippen MR) is 128 cm³/mol. The quantitative estimate of drug-likeness (QED) is 0.362. The zero-order valence-electron chi connectivity index (χ0n) is 19.3. The molecule has 2 heterocycles. The maximum atomic E-state index is 13.6. The van der Waals surface area contributed by atoms with Crippen molar-refractivity contribution < 1.29 is 9.13 Å². The Morgan fingerprint density at radius 2 is 2.00 bits per heavy atom. The van der Waals surface area contributed by atoms with Gasteiger partial charge in [0.15, 0.2) is 0 Å². The Kier molecular flexibility index (Phi) is 7.96. The van der Waals surface area contributed by atoms with Crippen molar-refractivity contribution in [2.24, 2.45) is 5.92 Å². The minimum Gasteiger partial charge on any atom is -0.492 e. The van der Waals surface area contributed by atoms with E-state index in [0.717, 1.165) is 37.0 Å². The Bertz CT molecular complexity index is 1020. The first kappa shape index (κ1) is 24.1. The molecule has 2 aromatic rings. The first-order valence-electron chi connectivity index (χ1n) is 10.9. The van der Waals surface area contributed by atoms with Crippen LogP contribution in [-0.2, 0) is 0 Å². The standard InChI is InChI=1S/C24H30FN7O/c1-30(2)12-13-33-20-6-4-18(14-26)23(22(20)19-5-7-21(25)29-15-19)32-10-8-17(9-11-32)24(28)31(3)16-27/h4-7,15-17,27-28H,8-13H2,1-3H3. The van der Waals surface area contributed by atoms with Crippen molar-refractivity contribution in [1.29, 1.82) is 16.1 Å². The number of anilines is 1. The van der Waals surface area contributed by atoms with Crippen LogP contribution in [-0.4, -0.2) is 74.3 Å². The fourth-order valence-corrected chi connectivity index (χ4v) is 3.99. The summed E-state index contributed by atoms with van der Waals surface area (Å²) in [6, 6.07) is 8.81. The summed E-state index contributed by atoms with van der Waals surface area (Å²) in [5, 5.41) is 25.6. The smallest absolute Gasteiger partial charge is 0.212 e. The minimum atomic E-state index is -0.568. The number of pyridine rings is 1. The van der Waals surface area contributed by atoms with E-state index in [0.29, 0.717) is 42.4 Å². The molecule has 1 aromatic heterocycles. The second-order valence-corrected chi connectivity index (χ2v) is 8.35. The fourth-order valence-electron chi connectivity index (χ4n) is 3.99. The zero-order valence-corrected chi connectivity index (χ0v) is 19.3. The largest absolute Gasteiger partial charge is 0.492 e. The van der Waals surface area contributed by atoms with E-state index in [-0.39, 0.29) is 5.92 Å². The van der Waals surface area contributed by atoms with E-state index in [1.54, 1.807) is 25.2 Å². The van der Waals surface area contributed by atoms with Crippen LogP contribution in [0, 0.1) is 34.0 Å². The number of piperidine rings is 1. The molecule has 0 saturated carbocycles. The number of amidine groups is 1. The number of aromatic nitrogens is 1. The van der Waals surface area contributed by atoms with Crippen LogP contribution in [0.25, 0.3) is 11.1 Å². The summed E-state index contributed by atoms with van der Waals surface area (Å²) < 4.78 is 19.7. The summed E-state index contributed by atoms with van der Waals surface area (Å²) in [6.45, 7) is 2.49. The number of likely N-dealkylation sites (N-methyl/N-ethyl adjacent to an activating group) is 1. The summed E-state index contributed by atoms with van der Waals surface area (Å²) in [4.78, 5) is 9.51. The molecule has 1 aliphatic rings. The van der Waals surface area contributed by atoms with Gasteiger partial charge in [-0.3, -0.25) is 10.8 Å². The second kappa shape index (κ2) is 10.9. The summed E-state index contributed by atoms with van der Waals surface area (Å²) >= 11 is 0. The van der Waals surface area contributed by atoms with E-state index < -0.39 is 5.95 Å². The van der Waals surface area contributed by atoms with Crippen LogP contribution >= 0.6 is 0 Å². The molecule has 0 atom stereocenters. The van der Waals surface area contributed by atoms with Crippen LogP contribution in [0.15, 0.2) is 30.5 Å². The lowest BCUT2D eigenvalue weighted by Crippen LogP contribution is -2.41. The number of halogens is 1. The van der Waals surface area contributed by atoms with Gasteiger partial charge in [-0.05, 0) is 51.2 Å². The van der Waals surface area contributed by atoms with Crippen LogP contribution < -0.4 is 9.64 Å². The fraction of sp³-hybridized carbons (Fsp3) is 0.417. The molecule has 0 aliphatic carbocycles. The van der Waals surface area contributed by atoms with Gasteiger partial charge in [0.05, 0.1) is 23.2 Å². The van der Waals surface area contributed by atoms with Crippen molar-refractivity contribution in [1.82, 2.24) is 14.8 Å². The Morgan fingerprint density at radius 1 is 1.27 bits per heavy atom. The van der Waals surface area contributed by atoms with E-state index >= 15 is 0 Å². The van der Waals surface area contributed by atoms with Crippen molar-refractivity contribution in [3.63, 3.8) is 0 Å². The van der Waals surface area contributed by atoms with Crippen molar-refractivity contribution in [2.75, 3.05) is 52.3 Å². The molecule has 1 aromatic carbocycles. The molecule has 33 heavy (non-hydrogen) atoms. The predicted octanol–water partition coefficient (Wildman–Crippen LogP) is 3.43. The highest BCUT2D eigenvalue weighted by Crippen LogP contribution is 2.42. The maximum Gasteiger partial charge on any atom is 0.212 e. The van der Waals surface area contributed by atoms with Gasteiger partial charge >= 0.3 is 0 Å². The van der Waals surface area contributed by atoms with Gasteiger partial charge in [-0.1, -0.05) is 0 Å². The molecular formula is C24H30FN7O. The highest BCUT2D eigenvalue weighted by atomic mass is 19.1. The second-order valence-electron chi connectivity index (χ2n) is 8.35. The van der Waals surface area contributed by atoms with E-state index in [1.165, 1.54) is 17.2 Å². The number of ether oxygens (including phenoxy) is 1. The van der Waals surface area contributed by atoms with Gasteiger partial charge in [-0.15, -0.1) is 0 Å². The van der Waals surface area contributed by atoms with E-state index in [4.69, 9.17) is 15.6 Å². The van der Waals surface area contributed by atoms with Crippen LogP contribution in [0.3, 0.4) is 0 Å². The average Bonchev–Trinajstić information content (AvgIpc) is 2.83. The van der Waals surface area contributed by atoms with E-state index in [9.17, 15) is 9.65 Å². The third kappa shape index (κ3) is 5.65. The summed E-state index contributed by atoms with van der Waals surface area (Å²) in [5.41, 5.74) is 2.67. The monoisotopic (exact) mass is 451 g/mol. The van der Waals surface area contributed by atoms with Crippen LogP contribution in [0.2, 0.25) is 0 Å². The number of nitrogens with zero attached hydrogens (tertiary/aromatic N) is 5. The highest BCUT2D eigenvalue weighted by molar-refractivity contribution is 5.91. The number of hydrogen-bond donors (Lipinski definition) is 2. The van der Waals surface area contributed by atoms with Gasteiger partial charge in [0.1, 0.15) is 24.3 Å². The summed E-state index contributed by atoms with van der Waals surface area (Å²) in [5.74, 6) is 0.529. The molecule has 1 fully saturated rings. The zero-order chi connectivity index (χ0) is 24.0. The molecule has 1 saturated heterocycles. The van der Waals surface area contributed by atoms with Crippen LogP contribution in [0.4, 0.5) is 10.1 Å². The van der Waals surface area contributed by atoms with Gasteiger partial charge in [-0.2, -0.15) is 9.65 Å². The lowest BCUT2D eigenvalue weighted by atomic mass is 9.92. The maximum absolute atomic E-state index is 13.6. The lowest BCUT2D eigenvalue weighted by molar-refractivity contribution is 0.262. The summed E-state index contributed by atoms with van der Waals surface area (Å²) in [6.07, 6.45) is 4.08. The normalized spacial score (nSPS) is 14.1. The molecule has 3 rings (SSSR count). The minimum absolute atomic E-state index is 0.0499. The summed E-state index contributed by atoms with van der Waals surface area (Å²) in [7, 11) is 5.65. The Morgan fingerprint density at radius 3 is 2.58 bits per heavy atom. The number of hydrogen-bond acceptors (Lipinski definition) is 7. The van der Waals surface area contributed by atoms with Gasteiger partial charge in [0.2, 0.25) is 5.95 Å². The molecule has 0 radical (unpaired) electrons. The van der Waals surface area contributed by atoms with Crippen LogP contribution in [0.1, 0.15) is 18.4 Å². The van der Waals surface area contributed by atoms with Crippen molar-refractivity contribution in [3.05, 3.63) is 42.0 Å². The SMILES string of the molecule is CN(C)CCOc1ccc(C#N)c(N2CCC(C(=N)N(C)C=N)CC2)c1-c1ccc(F)nc1. The van der Waals surface area contributed by atoms with Crippen molar-refractivity contribution in [2.45, 2.75) is 12.8 Å². The Balaban J connectivity index is 1.99. The average molecular weight is 452 g/mol. The Hall–Kier alpha value is -3.51. The molecule has 8 nitrogen and oxygen atoms in total. The Labute approximate surface area is 194 Å². The van der Waals surface area contributed by atoms with Gasteiger partial charge in [-0.25, -0.2) is 4.98 Å². The van der Waals surface area contributed by atoms with Gasteiger partial charge < -0.3 is 19.4 Å². The number of benzene rings is 1. The number of nitrogens with one attached hydrogen (secondary N) is 2. The first-order valence-corrected chi connectivity index (χ1v) is 10.9. The molecule has 0 bridgehead atoms. The molecular weight excluding hydrogens is 421 g/mol. The molecule has 0 amide bonds.